The van der Waals surface area contributed by atoms with E-state index in [0.717, 1.165) is 0 Å². The number of hydrogen-bond acceptors (Lipinski definition) is 1. The van der Waals surface area contributed by atoms with E-state index in [1.165, 1.54) is 64.2 Å². The Morgan fingerprint density at radius 3 is 1.88 bits per heavy atom. The van der Waals surface area contributed by atoms with Gasteiger partial charge in [0.25, 0.3) is 0 Å². The second-order valence-electron chi connectivity index (χ2n) is 5.35. The van der Waals surface area contributed by atoms with E-state index in [9.17, 15) is 0 Å². The van der Waals surface area contributed by atoms with Gasteiger partial charge in [-0.15, -0.1) is 0 Å². The number of unbranched alkanes of at least 4 members (excludes halogenated alkanes) is 6. The molecule has 0 N–H and O–H groups in total. The normalized spacial score (nSPS) is 13.2. The molecule has 0 aromatic rings. The lowest BCUT2D eigenvalue weighted by molar-refractivity contribution is 0.175. The summed E-state index contributed by atoms with van der Waals surface area (Å²) >= 11 is 0. The standard InChI is InChI=1S/C15H33OSi/c1-5-7-9-10-11-12-14-15(13-8-6-2)16-17(3)4/h15H,5-14H2,1-4H3. The first kappa shape index (κ1) is 17.2. The minimum atomic E-state index is -0.514. The predicted octanol–water partition coefficient (Wildman–Crippen LogP) is 5.56. The maximum Gasteiger partial charge on any atom is 0.205 e. The van der Waals surface area contributed by atoms with Gasteiger partial charge in [0, 0.05) is 6.10 Å². The fourth-order valence-electron chi connectivity index (χ4n) is 2.18. The molecule has 1 atom stereocenters. The zero-order valence-electron chi connectivity index (χ0n) is 12.6. The van der Waals surface area contributed by atoms with Gasteiger partial charge < -0.3 is 4.43 Å². The maximum absolute atomic E-state index is 6.08. The van der Waals surface area contributed by atoms with Gasteiger partial charge in [-0.1, -0.05) is 65.2 Å². The van der Waals surface area contributed by atoms with Gasteiger partial charge in [0.05, 0.1) is 0 Å². The zero-order chi connectivity index (χ0) is 12.9. The first-order chi connectivity index (χ1) is 8.20. The maximum atomic E-state index is 6.08. The fourth-order valence-corrected chi connectivity index (χ4v) is 3.08. The van der Waals surface area contributed by atoms with Crippen molar-refractivity contribution in [1.82, 2.24) is 0 Å². The van der Waals surface area contributed by atoms with E-state index < -0.39 is 9.04 Å². The van der Waals surface area contributed by atoms with Crippen molar-refractivity contribution in [2.45, 2.75) is 97.3 Å². The van der Waals surface area contributed by atoms with Crippen molar-refractivity contribution in [1.29, 1.82) is 0 Å². The van der Waals surface area contributed by atoms with Crippen LogP contribution in [0.1, 0.15) is 78.1 Å². The van der Waals surface area contributed by atoms with Gasteiger partial charge in [-0.25, -0.2) is 0 Å². The second kappa shape index (κ2) is 12.6. The SMILES string of the molecule is CCCCCCCCC(CCCC)O[Si](C)C. The molecule has 1 radical (unpaired) electrons. The summed E-state index contributed by atoms with van der Waals surface area (Å²) in [5.74, 6) is 0. The quantitative estimate of drug-likeness (QED) is 0.328. The molecule has 0 bridgehead atoms. The number of rotatable bonds is 12. The third kappa shape index (κ3) is 12.4. The molecule has 0 aliphatic heterocycles. The summed E-state index contributed by atoms with van der Waals surface area (Å²) in [5.41, 5.74) is 0. The molecule has 0 aromatic carbocycles. The highest BCUT2D eigenvalue weighted by Gasteiger charge is 2.10. The van der Waals surface area contributed by atoms with Crippen LogP contribution < -0.4 is 0 Å². The Morgan fingerprint density at radius 1 is 0.765 bits per heavy atom. The third-order valence-electron chi connectivity index (χ3n) is 3.16. The number of hydrogen-bond donors (Lipinski definition) is 0. The summed E-state index contributed by atoms with van der Waals surface area (Å²) < 4.78 is 6.08. The average molecular weight is 258 g/mol. The molecule has 0 aliphatic rings. The average Bonchev–Trinajstić information content (AvgIpc) is 2.29. The highest BCUT2D eigenvalue weighted by molar-refractivity contribution is 6.48. The molecule has 0 saturated heterocycles. The van der Waals surface area contributed by atoms with Gasteiger partial charge in [-0.3, -0.25) is 0 Å². The largest absolute Gasteiger partial charge is 0.414 e. The molecule has 0 rings (SSSR count). The summed E-state index contributed by atoms with van der Waals surface area (Å²) in [4.78, 5) is 0. The van der Waals surface area contributed by atoms with E-state index in [1.807, 2.05) is 0 Å². The van der Waals surface area contributed by atoms with E-state index in [-0.39, 0.29) is 0 Å². The van der Waals surface area contributed by atoms with Gasteiger partial charge >= 0.3 is 0 Å². The van der Waals surface area contributed by atoms with Crippen LogP contribution in [0, 0.1) is 0 Å². The minimum Gasteiger partial charge on any atom is -0.414 e. The molecule has 2 heteroatoms. The molecular weight excluding hydrogens is 224 g/mol. The van der Waals surface area contributed by atoms with Crippen LogP contribution >= 0.6 is 0 Å². The van der Waals surface area contributed by atoms with Gasteiger partial charge in [0.15, 0.2) is 0 Å². The van der Waals surface area contributed by atoms with Crippen molar-refractivity contribution in [2.75, 3.05) is 0 Å². The molecule has 1 unspecified atom stereocenters. The van der Waals surface area contributed by atoms with E-state index in [2.05, 4.69) is 26.9 Å². The van der Waals surface area contributed by atoms with Crippen LogP contribution in [0.2, 0.25) is 13.1 Å². The summed E-state index contributed by atoms with van der Waals surface area (Å²) in [5, 5.41) is 0. The molecule has 0 heterocycles. The first-order valence-corrected chi connectivity index (χ1v) is 10.1. The minimum absolute atomic E-state index is 0.514. The predicted molar refractivity (Wildman–Crippen MR) is 79.9 cm³/mol. The van der Waals surface area contributed by atoms with Gasteiger partial charge in [-0.2, -0.15) is 0 Å². The van der Waals surface area contributed by atoms with Gasteiger partial charge in [-0.05, 0) is 25.9 Å². The molecule has 103 valence electrons. The van der Waals surface area contributed by atoms with Crippen molar-refractivity contribution in [3.05, 3.63) is 0 Å². The van der Waals surface area contributed by atoms with Crippen LogP contribution in [-0.4, -0.2) is 15.1 Å². The van der Waals surface area contributed by atoms with E-state index in [0.29, 0.717) is 6.10 Å². The molecule has 0 fully saturated rings. The topological polar surface area (TPSA) is 9.23 Å². The molecule has 0 aliphatic carbocycles. The van der Waals surface area contributed by atoms with Crippen LogP contribution in [0.5, 0.6) is 0 Å². The molecule has 0 saturated carbocycles. The second-order valence-corrected chi connectivity index (χ2v) is 7.40. The lowest BCUT2D eigenvalue weighted by atomic mass is 10.0. The fraction of sp³-hybridized carbons (Fsp3) is 1.00. The Labute approximate surface area is 111 Å². The zero-order valence-corrected chi connectivity index (χ0v) is 13.6. The molecular formula is C15H33OSi. The first-order valence-electron chi connectivity index (χ1n) is 7.67. The Hall–Kier alpha value is 0.177. The lowest BCUT2D eigenvalue weighted by Gasteiger charge is -2.19. The van der Waals surface area contributed by atoms with E-state index in [4.69, 9.17) is 4.43 Å². The van der Waals surface area contributed by atoms with Crippen LogP contribution in [-0.2, 0) is 4.43 Å². The van der Waals surface area contributed by atoms with Crippen LogP contribution in [0.15, 0.2) is 0 Å². The van der Waals surface area contributed by atoms with Crippen molar-refractivity contribution in [3.8, 4) is 0 Å². The van der Waals surface area contributed by atoms with Crippen LogP contribution in [0.4, 0.5) is 0 Å². The summed E-state index contributed by atoms with van der Waals surface area (Å²) in [6.07, 6.45) is 14.1. The molecule has 0 spiro atoms. The van der Waals surface area contributed by atoms with Gasteiger partial charge in [0.1, 0.15) is 0 Å². The van der Waals surface area contributed by atoms with Crippen molar-refractivity contribution < 1.29 is 4.43 Å². The Balaban J connectivity index is 3.53. The van der Waals surface area contributed by atoms with E-state index in [1.54, 1.807) is 0 Å². The summed E-state index contributed by atoms with van der Waals surface area (Å²) in [6, 6.07) is 0. The molecule has 0 aromatic heterocycles. The van der Waals surface area contributed by atoms with Crippen molar-refractivity contribution >= 4 is 9.04 Å². The lowest BCUT2D eigenvalue weighted by Crippen LogP contribution is -2.20. The van der Waals surface area contributed by atoms with E-state index >= 15 is 0 Å². The molecule has 17 heavy (non-hydrogen) atoms. The Kier molecular flexibility index (Phi) is 12.8. The highest BCUT2D eigenvalue weighted by Crippen LogP contribution is 2.15. The van der Waals surface area contributed by atoms with Crippen molar-refractivity contribution in [2.24, 2.45) is 0 Å². The Morgan fingerprint density at radius 2 is 1.29 bits per heavy atom. The smallest absolute Gasteiger partial charge is 0.205 e. The summed E-state index contributed by atoms with van der Waals surface area (Å²) in [7, 11) is -0.514. The third-order valence-corrected chi connectivity index (χ3v) is 3.97. The molecule has 0 amide bonds. The summed E-state index contributed by atoms with van der Waals surface area (Å²) in [6.45, 7) is 9.06. The van der Waals surface area contributed by atoms with Crippen LogP contribution in [0.25, 0.3) is 0 Å². The van der Waals surface area contributed by atoms with Crippen LogP contribution in [0.3, 0.4) is 0 Å². The molecule has 1 nitrogen and oxygen atoms in total. The van der Waals surface area contributed by atoms with Crippen molar-refractivity contribution in [3.63, 3.8) is 0 Å². The Bertz CT molecular complexity index is 148. The monoisotopic (exact) mass is 257 g/mol. The van der Waals surface area contributed by atoms with Gasteiger partial charge in [0.2, 0.25) is 9.04 Å². The highest BCUT2D eigenvalue weighted by atomic mass is 28.3.